The van der Waals surface area contributed by atoms with E-state index in [0.29, 0.717) is 17.5 Å². The van der Waals surface area contributed by atoms with Crippen LogP contribution in [-0.4, -0.2) is 20.2 Å². The monoisotopic (exact) mass is 272 g/mol. The molecule has 0 aliphatic rings. The Balaban J connectivity index is 1.91. The van der Waals surface area contributed by atoms with Crippen molar-refractivity contribution in [1.82, 2.24) is 20.2 Å². The van der Waals surface area contributed by atoms with Crippen LogP contribution in [0.25, 0.3) is 10.9 Å². The number of rotatable bonds is 3. The number of thioether (sulfide) groups is 1. The van der Waals surface area contributed by atoms with Crippen LogP contribution in [0.15, 0.2) is 33.7 Å². The molecule has 0 atom stereocenters. The Labute approximate surface area is 114 Å². The van der Waals surface area contributed by atoms with Gasteiger partial charge < -0.3 is 4.42 Å². The summed E-state index contributed by atoms with van der Waals surface area (Å²) in [5.74, 6) is 2.58. The summed E-state index contributed by atoms with van der Waals surface area (Å²) in [5, 5.41) is 9.79. The van der Waals surface area contributed by atoms with Crippen molar-refractivity contribution in [3.8, 4) is 0 Å². The van der Waals surface area contributed by atoms with E-state index in [2.05, 4.69) is 20.2 Å². The maximum atomic E-state index is 5.36. The van der Waals surface area contributed by atoms with Crippen molar-refractivity contribution in [3.05, 3.63) is 41.9 Å². The maximum Gasteiger partial charge on any atom is 0.226 e. The smallest absolute Gasteiger partial charge is 0.226 e. The highest BCUT2D eigenvalue weighted by molar-refractivity contribution is 7.98. The van der Waals surface area contributed by atoms with Crippen LogP contribution in [0, 0.1) is 13.8 Å². The second-order valence-electron chi connectivity index (χ2n) is 4.10. The summed E-state index contributed by atoms with van der Waals surface area (Å²) in [6.45, 7) is 3.68. The third kappa shape index (κ3) is 2.58. The molecule has 5 nitrogen and oxygen atoms in total. The van der Waals surface area contributed by atoms with E-state index in [1.54, 1.807) is 18.7 Å². The number of aryl methyl sites for hydroxylation is 2. The summed E-state index contributed by atoms with van der Waals surface area (Å²) >= 11 is 1.58. The SMILES string of the molecule is Cc1nc(SCc2nnc(C)o2)c2ccccc2n1. The third-order valence-electron chi connectivity index (χ3n) is 2.58. The van der Waals surface area contributed by atoms with Crippen molar-refractivity contribution >= 4 is 22.7 Å². The molecule has 0 saturated carbocycles. The molecule has 1 aromatic carbocycles. The van der Waals surface area contributed by atoms with Crippen molar-refractivity contribution in [2.24, 2.45) is 0 Å². The predicted octanol–water partition coefficient (Wildman–Crippen LogP) is 2.92. The molecule has 0 radical (unpaired) electrons. The number of benzene rings is 1. The standard InChI is InChI=1S/C13H12N4OS/c1-8-14-11-6-4-3-5-10(11)13(15-8)19-7-12-17-16-9(2)18-12/h3-6H,7H2,1-2H3. The molecule has 3 rings (SSSR count). The molecule has 0 unspecified atom stereocenters. The van der Waals surface area contributed by atoms with E-state index in [1.807, 2.05) is 31.2 Å². The summed E-state index contributed by atoms with van der Waals surface area (Å²) in [7, 11) is 0. The van der Waals surface area contributed by atoms with Gasteiger partial charge in [0.2, 0.25) is 11.8 Å². The quantitative estimate of drug-likeness (QED) is 0.539. The van der Waals surface area contributed by atoms with Crippen molar-refractivity contribution in [2.75, 3.05) is 0 Å². The highest BCUT2D eigenvalue weighted by Crippen LogP contribution is 2.27. The Morgan fingerprint density at radius 1 is 1.11 bits per heavy atom. The van der Waals surface area contributed by atoms with Crippen molar-refractivity contribution in [2.45, 2.75) is 24.6 Å². The highest BCUT2D eigenvalue weighted by Gasteiger charge is 2.09. The maximum absolute atomic E-state index is 5.36. The highest BCUT2D eigenvalue weighted by atomic mass is 32.2. The zero-order chi connectivity index (χ0) is 13.2. The molecule has 0 amide bonds. The summed E-state index contributed by atoms with van der Waals surface area (Å²) < 4.78 is 5.36. The second kappa shape index (κ2) is 4.97. The average molecular weight is 272 g/mol. The number of nitrogens with zero attached hydrogens (tertiary/aromatic N) is 4. The first-order chi connectivity index (χ1) is 9.22. The first-order valence-electron chi connectivity index (χ1n) is 5.87. The van der Waals surface area contributed by atoms with Gasteiger partial charge in [0.15, 0.2) is 0 Å². The number of para-hydroxylation sites is 1. The molecule has 0 bridgehead atoms. The summed E-state index contributed by atoms with van der Waals surface area (Å²) in [6.07, 6.45) is 0. The Hall–Kier alpha value is -1.95. The summed E-state index contributed by atoms with van der Waals surface area (Å²) in [6, 6.07) is 7.98. The van der Waals surface area contributed by atoms with Crippen molar-refractivity contribution in [1.29, 1.82) is 0 Å². The van der Waals surface area contributed by atoms with Gasteiger partial charge in [0.05, 0.1) is 11.3 Å². The van der Waals surface area contributed by atoms with Crippen LogP contribution in [-0.2, 0) is 5.75 Å². The first-order valence-corrected chi connectivity index (χ1v) is 6.86. The topological polar surface area (TPSA) is 64.7 Å². The number of hydrogen-bond donors (Lipinski definition) is 0. The van der Waals surface area contributed by atoms with Gasteiger partial charge in [-0.2, -0.15) is 0 Å². The fourth-order valence-corrected chi connectivity index (χ4v) is 2.70. The van der Waals surface area contributed by atoms with E-state index in [1.165, 1.54) is 0 Å². The van der Waals surface area contributed by atoms with E-state index >= 15 is 0 Å². The minimum absolute atomic E-state index is 0.583. The number of fused-ring (bicyclic) bond motifs is 1. The Morgan fingerprint density at radius 2 is 1.95 bits per heavy atom. The minimum Gasteiger partial charge on any atom is -0.425 e. The molecule has 2 aromatic heterocycles. The minimum atomic E-state index is 0.583. The zero-order valence-electron chi connectivity index (χ0n) is 10.6. The molecule has 0 aliphatic carbocycles. The van der Waals surface area contributed by atoms with Crippen LogP contribution >= 0.6 is 11.8 Å². The fourth-order valence-electron chi connectivity index (χ4n) is 1.79. The lowest BCUT2D eigenvalue weighted by Gasteiger charge is -2.04. The largest absolute Gasteiger partial charge is 0.425 e. The molecular weight excluding hydrogens is 260 g/mol. The predicted molar refractivity (Wildman–Crippen MR) is 72.9 cm³/mol. The molecule has 0 aliphatic heterocycles. The van der Waals surface area contributed by atoms with E-state index in [4.69, 9.17) is 4.42 Å². The van der Waals surface area contributed by atoms with Crippen molar-refractivity contribution in [3.63, 3.8) is 0 Å². The molecule has 0 N–H and O–H groups in total. The van der Waals surface area contributed by atoms with E-state index < -0.39 is 0 Å². The molecule has 19 heavy (non-hydrogen) atoms. The van der Waals surface area contributed by atoms with Gasteiger partial charge in [-0.25, -0.2) is 9.97 Å². The van der Waals surface area contributed by atoms with Gasteiger partial charge in [-0.15, -0.1) is 10.2 Å². The van der Waals surface area contributed by atoms with Gasteiger partial charge in [-0.1, -0.05) is 30.0 Å². The van der Waals surface area contributed by atoms with Crippen molar-refractivity contribution < 1.29 is 4.42 Å². The third-order valence-corrected chi connectivity index (χ3v) is 3.56. The molecule has 6 heteroatoms. The van der Waals surface area contributed by atoms with Gasteiger partial charge in [0, 0.05) is 12.3 Å². The summed E-state index contributed by atoms with van der Waals surface area (Å²) in [5.41, 5.74) is 0.958. The molecule has 2 heterocycles. The van der Waals surface area contributed by atoms with Crippen LogP contribution in [0.4, 0.5) is 0 Å². The van der Waals surface area contributed by atoms with Crippen LogP contribution in [0.2, 0.25) is 0 Å². The molecule has 0 spiro atoms. The molecule has 0 fully saturated rings. The zero-order valence-corrected chi connectivity index (χ0v) is 11.4. The lowest BCUT2D eigenvalue weighted by atomic mass is 10.2. The Kier molecular flexibility index (Phi) is 3.16. The van der Waals surface area contributed by atoms with Gasteiger partial charge in [0.1, 0.15) is 10.9 Å². The lowest BCUT2D eigenvalue weighted by molar-refractivity contribution is 0.485. The number of hydrogen-bond acceptors (Lipinski definition) is 6. The van der Waals surface area contributed by atoms with Crippen LogP contribution in [0.1, 0.15) is 17.6 Å². The van der Waals surface area contributed by atoms with E-state index in [9.17, 15) is 0 Å². The first kappa shape index (κ1) is 12.1. The van der Waals surface area contributed by atoms with E-state index in [0.717, 1.165) is 21.8 Å². The van der Waals surface area contributed by atoms with Gasteiger partial charge >= 0.3 is 0 Å². The van der Waals surface area contributed by atoms with Crippen LogP contribution in [0.5, 0.6) is 0 Å². The van der Waals surface area contributed by atoms with Crippen LogP contribution in [0.3, 0.4) is 0 Å². The average Bonchev–Trinajstić information content (AvgIpc) is 2.81. The van der Waals surface area contributed by atoms with Gasteiger partial charge in [-0.3, -0.25) is 0 Å². The molecule has 0 saturated heterocycles. The second-order valence-corrected chi connectivity index (χ2v) is 5.06. The van der Waals surface area contributed by atoms with Crippen LogP contribution < -0.4 is 0 Å². The number of aromatic nitrogens is 4. The van der Waals surface area contributed by atoms with E-state index in [-0.39, 0.29) is 0 Å². The lowest BCUT2D eigenvalue weighted by Crippen LogP contribution is -1.93. The fraction of sp³-hybridized carbons (Fsp3) is 0.231. The van der Waals surface area contributed by atoms with Gasteiger partial charge in [0.25, 0.3) is 0 Å². The Morgan fingerprint density at radius 3 is 2.74 bits per heavy atom. The summed E-state index contributed by atoms with van der Waals surface area (Å²) in [4.78, 5) is 8.90. The molecule has 96 valence electrons. The normalized spacial score (nSPS) is 11.1. The van der Waals surface area contributed by atoms with Gasteiger partial charge in [-0.05, 0) is 13.0 Å². The Bertz CT molecular complexity index is 725. The molecule has 3 aromatic rings. The molecular formula is C13H12N4OS.